The van der Waals surface area contributed by atoms with E-state index in [9.17, 15) is 8.42 Å². The van der Waals surface area contributed by atoms with Crippen LogP contribution in [-0.2, 0) is 16.3 Å². The highest BCUT2D eigenvalue weighted by molar-refractivity contribution is 7.91. The Labute approximate surface area is 187 Å². The third-order valence-corrected chi connectivity index (χ3v) is 6.81. The quantitative estimate of drug-likeness (QED) is 0.375. The van der Waals surface area contributed by atoms with Gasteiger partial charge in [-0.05, 0) is 60.7 Å². The molecule has 0 spiro atoms. The number of methoxy groups -OCH3 is 2. The fourth-order valence-corrected chi connectivity index (χ4v) is 4.57. The van der Waals surface area contributed by atoms with Crippen molar-refractivity contribution in [2.24, 2.45) is 0 Å². The van der Waals surface area contributed by atoms with Gasteiger partial charge in [0.2, 0.25) is 0 Å². The predicted molar refractivity (Wildman–Crippen MR) is 123 cm³/mol. The Kier molecular flexibility index (Phi) is 6.28. The lowest BCUT2D eigenvalue weighted by Gasteiger charge is -2.04. The molecular formula is C25H23NO5S. The summed E-state index contributed by atoms with van der Waals surface area (Å²) in [5.41, 5.74) is 2.31. The molecule has 1 aromatic heterocycles. The third kappa shape index (κ3) is 4.68. The molecule has 0 atom stereocenters. The maximum absolute atomic E-state index is 12.7. The zero-order valence-electron chi connectivity index (χ0n) is 17.8. The van der Waals surface area contributed by atoms with Crippen LogP contribution in [-0.4, -0.2) is 33.4 Å². The monoisotopic (exact) mass is 449 g/mol. The molecule has 0 unspecified atom stereocenters. The third-order valence-electron chi connectivity index (χ3n) is 5.07. The molecule has 164 valence electrons. The number of oxazole rings is 1. The van der Waals surface area contributed by atoms with E-state index in [0.717, 1.165) is 22.6 Å². The van der Waals surface area contributed by atoms with Gasteiger partial charge < -0.3 is 13.9 Å². The van der Waals surface area contributed by atoms with Crippen LogP contribution in [0.2, 0.25) is 0 Å². The Balaban J connectivity index is 1.68. The first-order valence-corrected chi connectivity index (χ1v) is 11.7. The van der Waals surface area contributed by atoms with Crippen molar-refractivity contribution < 1.29 is 22.3 Å². The van der Waals surface area contributed by atoms with Gasteiger partial charge in [0.05, 0.1) is 24.9 Å². The first kappa shape index (κ1) is 21.6. The fraction of sp³-hybridized carbons (Fsp3) is 0.160. The number of hydrogen-bond donors (Lipinski definition) is 0. The van der Waals surface area contributed by atoms with Crippen LogP contribution in [0.1, 0.15) is 5.89 Å². The summed E-state index contributed by atoms with van der Waals surface area (Å²) < 4.78 is 41.9. The SMILES string of the molecule is COc1ccc(-c2nc(CCS(=O)(=O)c3ccccc3)oc2-c2ccc(OC)cc2)cc1. The molecule has 4 rings (SSSR count). The van der Waals surface area contributed by atoms with Gasteiger partial charge >= 0.3 is 0 Å². The number of benzene rings is 3. The van der Waals surface area contributed by atoms with Gasteiger partial charge in [0.1, 0.15) is 17.2 Å². The van der Waals surface area contributed by atoms with Crippen molar-refractivity contribution >= 4 is 9.84 Å². The number of hydrogen-bond acceptors (Lipinski definition) is 6. The van der Waals surface area contributed by atoms with E-state index in [-0.39, 0.29) is 17.1 Å². The van der Waals surface area contributed by atoms with Crippen molar-refractivity contribution in [3.63, 3.8) is 0 Å². The van der Waals surface area contributed by atoms with E-state index >= 15 is 0 Å². The molecule has 0 aliphatic rings. The van der Waals surface area contributed by atoms with Gasteiger partial charge in [0, 0.05) is 17.5 Å². The van der Waals surface area contributed by atoms with Crippen LogP contribution in [0.4, 0.5) is 0 Å². The number of aromatic nitrogens is 1. The molecule has 1 heterocycles. The summed E-state index contributed by atoms with van der Waals surface area (Å²) in [5, 5.41) is 0. The van der Waals surface area contributed by atoms with Gasteiger partial charge in [-0.1, -0.05) is 18.2 Å². The van der Waals surface area contributed by atoms with E-state index < -0.39 is 9.84 Å². The summed E-state index contributed by atoms with van der Waals surface area (Å²) in [6, 6.07) is 23.3. The van der Waals surface area contributed by atoms with Crippen molar-refractivity contribution in [3.05, 3.63) is 84.8 Å². The average molecular weight is 450 g/mol. The lowest BCUT2D eigenvalue weighted by atomic mass is 10.1. The van der Waals surface area contributed by atoms with Crippen LogP contribution in [0.25, 0.3) is 22.6 Å². The molecule has 0 fully saturated rings. The highest BCUT2D eigenvalue weighted by atomic mass is 32.2. The second-order valence-electron chi connectivity index (χ2n) is 7.12. The lowest BCUT2D eigenvalue weighted by molar-refractivity contribution is 0.414. The van der Waals surface area contributed by atoms with Crippen LogP contribution < -0.4 is 9.47 Å². The zero-order valence-corrected chi connectivity index (χ0v) is 18.6. The Hall–Kier alpha value is -3.58. The molecular weight excluding hydrogens is 426 g/mol. The summed E-state index contributed by atoms with van der Waals surface area (Å²) in [5.74, 6) is 2.30. The average Bonchev–Trinajstić information content (AvgIpc) is 3.28. The van der Waals surface area contributed by atoms with E-state index in [4.69, 9.17) is 13.9 Å². The second kappa shape index (κ2) is 9.28. The Morgan fingerprint density at radius 1 is 0.781 bits per heavy atom. The number of ether oxygens (including phenoxy) is 2. The van der Waals surface area contributed by atoms with Crippen LogP contribution in [0.15, 0.2) is 88.2 Å². The Morgan fingerprint density at radius 3 is 1.91 bits per heavy atom. The van der Waals surface area contributed by atoms with E-state index in [1.807, 2.05) is 48.5 Å². The molecule has 0 saturated heterocycles. The van der Waals surface area contributed by atoms with Gasteiger partial charge in [0.15, 0.2) is 21.5 Å². The minimum atomic E-state index is -3.44. The van der Waals surface area contributed by atoms with E-state index in [1.165, 1.54) is 0 Å². The molecule has 4 aromatic rings. The van der Waals surface area contributed by atoms with Gasteiger partial charge in [0.25, 0.3) is 0 Å². The van der Waals surface area contributed by atoms with Crippen LogP contribution in [0.5, 0.6) is 11.5 Å². The first-order valence-electron chi connectivity index (χ1n) is 10.1. The molecule has 6 nitrogen and oxygen atoms in total. The number of nitrogens with zero attached hydrogens (tertiary/aromatic N) is 1. The van der Waals surface area contributed by atoms with Crippen LogP contribution >= 0.6 is 0 Å². The maximum atomic E-state index is 12.7. The van der Waals surface area contributed by atoms with E-state index in [0.29, 0.717) is 17.3 Å². The number of rotatable bonds is 8. The lowest BCUT2D eigenvalue weighted by Crippen LogP contribution is -2.09. The number of sulfone groups is 1. The van der Waals surface area contributed by atoms with Crippen molar-refractivity contribution in [2.45, 2.75) is 11.3 Å². The molecule has 32 heavy (non-hydrogen) atoms. The fourth-order valence-electron chi connectivity index (χ4n) is 3.32. The first-order chi connectivity index (χ1) is 15.5. The molecule has 0 N–H and O–H groups in total. The summed E-state index contributed by atoms with van der Waals surface area (Å²) in [4.78, 5) is 4.94. The van der Waals surface area contributed by atoms with Crippen LogP contribution in [0, 0.1) is 0 Å². The van der Waals surface area contributed by atoms with Crippen molar-refractivity contribution in [1.82, 2.24) is 4.98 Å². The molecule has 7 heteroatoms. The minimum Gasteiger partial charge on any atom is -0.497 e. The summed E-state index contributed by atoms with van der Waals surface area (Å²) >= 11 is 0. The Morgan fingerprint density at radius 2 is 1.34 bits per heavy atom. The van der Waals surface area contributed by atoms with Crippen molar-refractivity contribution in [1.29, 1.82) is 0 Å². The molecule has 0 amide bonds. The van der Waals surface area contributed by atoms with Gasteiger partial charge in [-0.3, -0.25) is 0 Å². The van der Waals surface area contributed by atoms with Gasteiger partial charge in [-0.2, -0.15) is 0 Å². The van der Waals surface area contributed by atoms with Gasteiger partial charge in [-0.25, -0.2) is 13.4 Å². The standard InChI is InChI=1S/C25H23NO5S/c1-29-20-12-8-18(9-13-20)24-25(19-10-14-21(30-2)15-11-19)31-23(26-24)16-17-32(27,28)22-6-4-3-5-7-22/h3-15H,16-17H2,1-2H3. The number of aryl methyl sites for hydroxylation is 1. The Bertz CT molecular complexity index is 1210. The molecule has 3 aromatic carbocycles. The summed E-state index contributed by atoms with van der Waals surface area (Å²) in [7, 11) is -0.223. The predicted octanol–water partition coefficient (Wildman–Crippen LogP) is 5.04. The van der Waals surface area contributed by atoms with Crippen molar-refractivity contribution in [3.8, 4) is 34.1 Å². The molecule has 0 aliphatic heterocycles. The van der Waals surface area contributed by atoms with Gasteiger partial charge in [-0.15, -0.1) is 0 Å². The molecule has 0 bridgehead atoms. The molecule has 0 aliphatic carbocycles. The normalized spacial score (nSPS) is 11.3. The zero-order chi connectivity index (χ0) is 22.6. The highest BCUT2D eigenvalue weighted by Gasteiger charge is 2.20. The topological polar surface area (TPSA) is 78.6 Å². The maximum Gasteiger partial charge on any atom is 0.196 e. The molecule has 0 radical (unpaired) electrons. The largest absolute Gasteiger partial charge is 0.497 e. The van der Waals surface area contributed by atoms with Crippen molar-refractivity contribution in [2.75, 3.05) is 20.0 Å². The second-order valence-corrected chi connectivity index (χ2v) is 9.23. The highest BCUT2D eigenvalue weighted by Crippen LogP contribution is 2.34. The minimum absolute atomic E-state index is 0.0956. The smallest absolute Gasteiger partial charge is 0.196 e. The summed E-state index contributed by atoms with van der Waals surface area (Å²) in [6.45, 7) is 0. The van der Waals surface area contributed by atoms with Crippen LogP contribution in [0.3, 0.4) is 0 Å². The van der Waals surface area contributed by atoms with E-state index in [2.05, 4.69) is 4.98 Å². The van der Waals surface area contributed by atoms with E-state index in [1.54, 1.807) is 44.6 Å². The molecule has 0 saturated carbocycles. The summed E-state index contributed by atoms with van der Waals surface area (Å²) in [6.07, 6.45) is 0.163.